The van der Waals surface area contributed by atoms with E-state index in [0.29, 0.717) is 0 Å². The van der Waals surface area contributed by atoms with Gasteiger partial charge in [-0.05, 0) is 84.8 Å². The van der Waals surface area contributed by atoms with Gasteiger partial charge in [-0.3, -0.25) is 4.57 Å². The van der Waals surface area contributed by atoms with Gasteiger partial charge in [0.25, 0.3) is 0 Å². The highest BCUT2D eigenvalue weighted by Crippen LogP contribution is 2.29. The van der Waals surface area contributed by atoms with Crippen molar-refractivity contribution in [2.75, 3.05) is 0 Å². The molecule has 1 unspecified atom stereocenters. The lowest BCUT2D eigenvalue weighted by molar-refractivity contribution is 0.881. The van der Waals surface area contributed by atoms with E-state index >= 15 is 0 Å². The fourth-order valence-electron chi connectivity index (χ4n) is 2.69. The molecule has 3 rings (SSSR count). The Morgan fingerprint density at radius 2 is 1.76 bits per heavy atom. The van der Waals surface area contributed by atoms with Gasteiger partial charge in [-0.25, -0.2) is 4.98 Å². The minimum Gasteiger partial charge on any atom is -0.295 e. The summed E-state index contributed by atoms with van der Waals surface area (Å²) in [5.41, 5.74) is 5.70. The number of aryl methyl sites for hydroxylation is 2. The molecule has 0 amide bonds. The summed E-state index contributed by atoms with van der Waals surface area (Å²) in [7, 11) is 0. The Labute approximate surface area is 143 Å². The van der Waals surface area contributed by atoms with E-state index in [9.17, 15) is 0 Å². The first-order valence-electron chi connectivity index (χ1n) is 6.86. The number of fused-ring (bicyclic) bond motifs is 1. The first-order chi connectivity index (χ1) is 9.95. The standard InChI is InChI=1S/C17H16ClIN2/c1-10-6-11(2)8-14(7-10)21-16-5-4-13(19)9-15(16)20-17(21)12(3)18/h4-9,12H,1-3H3. The molecule has 1 atom stereocenters. The minimum atomic E-state index is -0.143. The Morgan fingerprint density at radius 1 is 1.10 bits per heavy atom. The molecule has 108 valence electrons. The van der Waals surface area contributed by atoms with Crippen LogP contribution in [0, 0.1) is 17.4 Å². The summed E-state index contributed by atoms with van der Waals surface area (Å²) >= 11 is 8.67. The van der Waals surface area contributed by atoms with E-state index in [2.05, 4.69) is 77.4 Å². The molecule has 0 aliphatic heterocycles. The van der Waals surface area contributed by atoms with Crippen LogP contribution in [0.25, 0.3) is 16.7 Å². The number of benzene rings is 2. The van der Waals surface area contributed by atoms with Crippen LogP contribution in [-0.2, 0) is 0 Å². The van der Waals surface area contributed by atoms with Crippen molar-refractivity contribution < 1.29 is 0 Å². The summed E-state index contributed by atoms with van der Waals surface area (Å²) < 4.78 is 3.35. The second kappa shape index (κ2) is 5.61. The number of halogens is 2. The highest BCUT2D eigenvalue weighted by Gasteiger charge is 2.16. The zero-order chi connectivity index (χ0) is 15.1. The van der Waals surface area contributed by atoms with Crippen LogP contribution in [0.4, 0.5) is 0 Å². The SMILES string of the molecule is Cc1cc(C)cc(-n2c(C(C)Cl)nc3cc(I)ccc32)c1. The van der Waals surface area contributed by atoms with Crippen LogP contribution in [-0.4, -0.2) is 9.55 Å². The molecular weight excluding hydrogens is 395 g/mol. The average Bonchev–Trinajstić information content (AvgIpc) is 2.76. The Balaban J connectivity index is 2.36. The molecule has 4 heteroatoms. The molecule has 0 saturated heterocycles. The highest BCUT2D eigenvalue weighted by molar-refractivity contribution is 14.1. The topological polar surface area (TPSA) is 17.8 Å². The molecule has 2 aromatic carbocycles. The minimum absolute atomic E-state index is 0.143. The maximum absolute atomic E-state index is 6.36. The fraction of sp³-hybridized carbons (Fsp3) is 0.235. The lowest BCUT2D eigenvalue weighted by atomic mass is 10.1. The molecule has 0 aliphatic carbocycles. The molecule has 2 nitrogen and oxygen atoms in total. The number of rotatable bonds is 2. The molecule has 21 heavy (non-hydrogen) atoms. The Kier molecular flexibility index (Phi) is 3.97. The number of nitrogens with zero attached hydrogens (tertiary/aromatic N) is 2. The van der Waals surface area contributed by atoms with Crippen LogP contribution in [0.3, 0.4) is 0 Å². The number of aromatic nitrogens is 2. The van der Waals surface area contributed by atoms with Gasteiger partial charge in [0.1, 0.15) is 5.82 Å². The Bertz CT molecular complexity index is 801. The van der Waals surface area contributed by atoms with Crippen molar-refractivity contribution in [1.82, 2.24) is 9.55 Å². The summed E-state index contributed by atoms with van der Waals surface area (Å²) in [5, 5.41) is -0.143. The van der Waals surface area contributed by atoms with E-state index < -0.39 is 0 Å². The monoisotopic (exact) mass is 410 g/mol. The van der Waals surface area contributed by atoms with Crippen LogP contribution in [0.5, 0.6) is 0 Å². The molecule has 1 aromatic heterocycles. The van der Waals surface area contributed by atoms with Crippen LogP contribution in [0.2, 0.25) is 0 Å². The van der Waals surface area contributed by atoms with Crippen molar-refractivity contribution in [3.8, 4) is 5.69 Å². The predicted octanol–water partition coefficient (Wildman–Crippen LogP) is 5.55. The van der Waals surface area contributed by atoms with E-state index in [4.69, 9.17) is 16.6 Å². The third-order valence-electron chi connectivity index (χ3n) is 3.46. The predicted molar refractivity (Wildman–Crippen MR) is 97.5 cm³/mol. The summed E-state index contributed by atoms with van der Waals surface area (Å²) in [6, 6.07) is 12.8. The molecule has 0 spiro atoms. The lowest BCUT2D eigenvalue weighted by Gasteiger charge is -2.12. The third-order valence-corrected chi connectivity index (χ3v) is 4.33. The Hall–Kier alpha value is -1.07. The average molecular weight is 411 g/mol. The number of alkyl halides is 1. The van der Waals surface area contributed by atoms with E-state index in [-0.39, 0.29) is 5.38 Å². The molecule has 0 fully saturated rings. The van der Waals surface area contributed by atoms with Crippen LogP contribution in [0.15, 0.2) is 36.4 Å². The zero-order valence-electron chi connectivity index (χ0n) is 12.2. The highest BCUT2D eigenvalue weighted by atomic mass is 127. The molecule has 0 bridgehead atoms. The second-order valence-corrected chi connectivity index (χ2v) is 7.30. The van der Waals surface area contributed by atoms with Crippen LogP contribution >= 0.6 is 34.2 Å². The van der Waals surface area contributed by atoms with Crippen molar-refractivity contribution in [3.05, 3.63) is 56.9 Å². The molecule has 3 aromatic rings. The molecule has 0 radical (unpaired) electrons. The first-order valence-corrected chi connectivity index (χ1v) is 8.38. The number of hydrogen-bond acceptors (Lipinski definition) is 1. The van der Waals surface area contributed by atoms with Gasteiger partial charge in [0.15, 0.2) is 0 Å². The van der Waals surface area contributed by atoms with Crippen molar-refractivity contribution in [2.24, 2.45) is 0 Å². The van der Waals surface area contributed by atoms with Gasteiger partial charge in [-0.15, -0.1) is 11.6 Å². The van der Waals surface area contributed by atoms with Crippen molar-refractivity contribution in [1.29, 1.82) is 0 Å². The molecule has 0 saturated carbocycles. The third kappa shape index (κ3) is 2.81. The summed E-state index contributed by atoms with van der Waals surface area (Å²) in [6.45, 7) is 6.19. The smallest absolute Gasteiger partial charge is 0.132 e. The van der Waals surface area contributed by atoms with Gasteiger partial charge in [-0.1, -0.05) is 6.07 Å². The molecule has 0 aliphatic rings. The molecule has 1 heterocycles. The summed E-state index contributed by atoms with van der Waals surface area (Å²) in [4.78, 5) is 4.73. The van der Waals surface area contributed by atoms with Crippen LogP contribution < -0.4 is 0 Å². The normalized spacial score (nSPS) is 12.8. The van der Waals surface area contributed by atoms with Gasteiger partial charge in [0.2, 0.25) is 0 Å². The quantitative estimate of drug-likeness (QED) is 0.400. The van der Waals surface area contributed by atoms with E-state index in [1.54, 1.807) is 0 Å². The second-order valence-electron chi connectivity index (χ2n) is 5.40. The molecular formula is C17H16ClIN2. The van der Waals surface area contributed by atoms with Crippen LogP contribution in [0.1, 0.15) is 29.3 Å². The number of hydrogen-bond donors (Lipinski definition) is 0. The lowest BCUT2D eigenvalue weighted by Crippen LogP contribution is -2.02. The first kappa shape index (κ1) is 14.9. The van der Waals surface area contributed by atoms with Gasteiger partial charge >= 0.3 is 0 Å². The Morgan fingerprint density at radius 3 is 2.38 bits per heavy atom. The molecule has 0 N–H and O–H groups in total. The van der Waals surface area contributed by atoms with Gasteiger partial charge in [-0.2, -0.15) is 0 Å². The fourth-order valence-corrected chi connectivity index (χ4v) is 3.31. The van der Waals surface area contributed by atoms with Gasteiger partial charge < -0.3 is 0 Å². The maximum atomic E-state index is 6.36. The zero-order valence-corrected chi connectivity index (χ0v) is 15.1. The summed E-state index contributed by atoms with van der Waals surface area (Å²) in [6.07, 6.45) is 0. The largest absolute Gasteiger partial charge is 0.295 e. The van der Waals surface area contributed by atoms with Crippen molar-refractivity contribution >= 4 is 45.2 Å². The summed E-state index contributed by atoms with van der Waals surface area (Å²) in [5.74, 6) is 0.888. The van der Waals surface area contributed by atoms with Gasteiger partial charge in [0.05, 0.1) is 16.4 Å². The maximum Gasteiger partial charge on any atom is 0.132 e. The van der Waals surface area contributed by atoms with Crippen molar-refractivity contribution in [2.45, 2.75) is 26.1 Å². The van der Waals surface area contributed by atoms with E-state index in [1.165, 1.54) is 14.7 Å². The number of imidazole rings is 1. The van der Waals surface area contributed by atoms with Gasteiger partial charge in [0, 0.05) is 9.26 Å². The van der Waals surface area contributed by atoms with E-state index in [1.807, 2.05) is 6.92 Å². The van der Waals surface area contributed by atoms with E-state index in [0.717, 1.165) is 22.5 Å². The van der Waals surface area contributed by atoms with Crippen molar-refractivity contribution in [3.63, 3.8) is 0 Å².